The van der Waals surface area contributed by atoms with E-state index >= 15 is 0 Å². The molecule has 0 atom stereocenters. The van der Waals surface area contributed by atoms with Crippen molar-refractivity contribution in [2.24, 2.45) is 5.92 Å². The maximum atomic E-state index is 5.42. The van der Waals surface area contributed by atoms with E-state index < -0.39 is 0 Å². The lowest BCUT2D eigenvalue weighted by atomic mass is 10.2. The zero-order valence-electron chi connectivity index (χ0n) is 13.9. The molecule has 0 spiro atoms. The molecular weight excluding hydrogens is 326 g/mol. The van der Waals surface area contributed by atoms with Crippen LogP contribution in [0.4, 0.5) is 5.13 Å². The van der Waals surface area contributed by atoms with E-state index in [9.17, 15) is 0 Å². The second kappa shape index (κ2) is 8.24. The molecule has 3 rings (SSSR count). The molecule has 1 fully saturated rings. The van der Waals surface area contributed by atoms with E-state index in [2.05, 4.69) is 51.7 Å². The minimum Gasteiger partial charge on any atom is -0.378 e. The number of hydrogen-bond acceptors (Lipinski definition) is 6. The smallest absolute Gasteiger partial charge is 0.185 e. The Balaban J connectivity index is 1.63. The second-order valence-electron chi connectivity index (χ2n) is 6.40. The minimum absolute atomic E-state index is 0.667. The van der Waals surface area contributed by atoms with E-state index in [0.717, 1.165) is 51.1 Å². The van der Waals surface area contributed by atoms with Crippen molar-refractivity contribution in [2.75, 3.05) is 37.7 Å². The number of hydrogen-bond donors (Lipinski definition) is 0. The number of nitrogens with zero attached hydrogens (tertiary/aromatic N) is 3. The van der Waals surface area contributed by atoms with Crippen LogP contribution in [0.25, 0.3) is 0 Å². The van der Waals surface area contributed by atoms with Gasteiger partial charge in [-0.25, -0.2) is 4.98 Å². The average molecular weight is 352 g/mol. The fourth-order valence-electron chi connectivity index (χ4n) is 2.83. The lowest BCUT2D eigenvalue weighted by Crippen LogP contribution is -2.36. The van der Waals surface area contributed by atoms with Gasteiger partial charge in [0, 0.05) is 43.8 Å². The summed E-state index contributed by atoms with van der Waals surface area (Å²) in [6.07, 6.45) is 2.05. The first kappa shape index (κ1) is 16.9. The third kappa shape index (κ3) is 5.01. The molecular formula is C17H25N3OS2. The maximum absolute atomic E-state index is 5.42. The van der Waals surface area contributed by atoms with Crippen molar-refractivity contribution in [1.82, 2.24) is 9.88 Å². The van der Waals surface area contributed by atoms with Gasteiger partial charge in [-0.2, -0.15) is 11.3 Å². The van der Waals surface area contributed by atoms with E-state index in [0.29, 0.717) is 5.92 Å². The SMILES string of the molecule is CC(C)CN(Cc1ccsc1)Cc1cnc(N2CCOCC2)s1. The van der Waals surface area contributed by atoms with Crippen LogP contribution in [-0.2, 0) is 17.8 Å². The largest absolute Gasteiger partial charge is 0.378 e. The van der Waals surface area contributed by atoms with Gasteiger partial charge in [0.05, 0.1) is 13.2 Å². The molecule has 4 nitrogen and oxygen atoms in total. The Morgan fingerprint density at radius 2 is 2.13 bits per heavy atom. The zero-order chi connectivity index (χ0) is 16.1. The van der Waals surface area contributed by atoms with E-state index in [1.165, 1.54) is 10.4 Å². The molecule has 1 aliphatic heterocycles. The average Bonchev–Trinajstić information content (AvgIpc) is 3.19. The van der Waals surface area contributed by atoms with Gasteiger partial charge in [-0.15, -0.1) is 11.3 Å². The summed E-state index contributed by atoms with van der Waals surface area (Å²) in [5, 5.41) is 5.55. The number of anilines is 1. The Labute approximate surface area is 146 Å². The Morgan fingerprint density at radius 1 is 1.30 bits per heavy atom. The van der Waals surface area contributed by atoms with Crippen LogP contribution < -0.4 is 4.90 Å². The highest BCUT2D eigenvalue weighted by molar-refractivity contribution is 7.15. The maximum Gasteiger partial charge on any atom is 0.185 e. The lowest BCUT2D eigenvalue weighted by molar-refractivity contribution is 0.122. The van der Waals surface area contributed by atoms with Gasteiger partial charge in [-0.3, -0.25) is 4.90 Å². The van der Waals surface area contributed by atoms with E-state index in [4.69, 9.17) is 4.74 Å². The van der Waals surface area contributed by atoms with Crippen LogP contribution in [0.5, 0.6) is 0 Å². The van der Waals surface area contributed by atoms with Crippen molar-refractivity contribution in [3.05, 3.63) is 33.5 Å². The van der Waals surface area contributed by atoms with E-state index in [-0.39, 0.29) is 0 Å². The Hall–Kier alpha value is -0.950. The Kier molecular flexibility index (Phi) is 6.05. The number of morpholine rings is 1. The van der Waals surface area contributed by atoms with Crippen LogP contribution in [0.3, 0.4) is 0 Å². The molecule has 0 N–H and O–H groups in total. The summed E-state index contributed by atoms with van der Waals surface area (Å²) >= 11 is 3.60. The van der Waals surface area contributed by atoms with Crippen LogP contribution in [0.2, 0.25) is 0 Å². The van der Waals surface area contributed by atoms with Gasteiger partial charge < -0.3 is 9.64 Å². The number of thiazole rings is 1. The van der Waals surface area contributed by atoms with Gasteiger partial charge >= 0.3 is 0 Å². The molecule has 23 heavy (non-hydrogen) atoms. The van der Waals surface area contributed by atoms with Crippen LogP contribution in [0, 0.1) is 5.92 Å². The van der Waals surface area contributed by atoms with Crippen molar-refractivity contribution in [2.45, 2.75) is 26.9 Å². The fraction of sp³-hybridized carbons (Fsp3) is 0.588. The van der Waals surface area contributed by atoms with Crippen molar-refractivity contribution in [1.29, 1.82) is 0 Å². The predicted molar refractivity (Wildman–Crippen MR) is 98.4 cm³/mol. The molecule has 2 aromatic rings. The standard InChI is InChI=1S/C17H25N3OS2/c1-14(2)10-19(11-15-3-8-22-13-15)12-16-9-18-17(23-16)20-4-6-21-7-5-20/h3,8-9,13-14H,4-7,10-12H2,1-2H3. The molecule has 0 aliphatic carbocycles. The molecule has 0 unspecified atom stereocenters. The van der Waals surface area contributed by atoms with Crippen LogP contribution in [-0.4, -0.2) is 42.7 Å². The Morgan fingerprint density at radius 3 is 2.83 bits per heavy atom. The van der Waals surface area contributed by atoms with Crippen molar-refractivity contribution in [3.63, 3.8) is 0 Å². The molecule has 126 valence electrons. The highest BCUT2D eigenvalue weighted by Gasteiger charge is 2.16. The first-order valence-corrected chi connectivity index (χ1v) is 9.97. The summed E-state index contributed by atoms with van der Waals surface area (Å²) in [6, 6.07) is 2.23. The van der Waals surface area contributed by atoms with Gasteiger partial charge in [0.25, 0.3) is 0 Å². The van der Waals surface area contributed by atoms with Crippen molar-refractivity contribution in [3.8, 4) is 0 Å². The number of ether oxygens (including phenoxy) is 1. The molecule has 6 heteroatoms. The van der Waals surface area contributed by atoms with Crippen LogP contribution >= 0.6 is 22.7 Å². The molecule has 3 heterocycles. The van der Waals surface area contributed by atoms with Crippen LogP contribution in [0.15, 0.2) is 23.0 Å². The molecule has 0 radical (unpaired) electrons. The first-order chi connectivity index (χ1) is 11.2. The topological polar surface area (TPSA) is 28.6 Å². The molecule has 0 bridgehead atoms. The molecule has 2 aromatic heterocycles. The van der Waals surface area contributed by atoms with Gasteiger partial charge in [-0.05, 0) is 28.3 Å². The summed E-state index contributed by atoms with van der Waals surface area (Å²) in [5.41, 5.74) is 1.41. The third-order valence-electron chi connectivity index (χ3n) is 3.81. The molecule has 0 saturated carbocycles. The third-order valence-corrected chi connectivity index (χ3v) is 5.59. The molecule has 0 aromatic carbocycles. The summed E-state index contributed by atoms with van der Waals surface area (Å²) in [4.78, 5) is 10.9. The predicted octanol–water partition coefficient (Wildman–Crippen LogP) is 3.70. The fourth-order valence-corrected chi connectivity index (χ4v) is 4.50. The van der Waals surface area contributed by atoms with Crippen molar-refractivity contribution >= 4 is 27.8 Å². The van der Waals surface area contributed by atoms with Gasteiger partial charge in [-0.1, -0.05) is 13.8 Å². The molecule has 1 saturated heterocycles. The minimum atomic E-state index is 0.667. The van der Waals surface area contributed by atoms with E-state index in [1.54, 1.807) is 11.3 Å². The second-order valence-corrected chi connectivity index (χ2v) is 8.28. The summed E-state index contributed by atoms with van der Waals surface area (Å²) in [7, 11) is 0. The monoisotopic (exact) mass is 351 g/mol. The molecule has 1 aliphatic rings. The first-order valence-electron chi connectivity index (χ1n) is 8.21. The van der Waals surface area contributed by atoms with Gasteiger partial charge in [0.15, 0.2) is 5.13 Å². The van der Waals surface area contributed by atoms with Crippen molar-refractivity contribution < 1.29 is 4.74 Å². The van der Waals surface area contributed by atoms with E-state index in [1.807, 2.05) is 11.3 Å². The molecule has 0 amide bonds. The lowest BCUT2D eigenvalue weighted by Gasteiger charge is -2.26. The number of rotatable bonds is 7. The zero-order valence-corrected chi connectivity index (χ0v) is 15.5. The summed E-state index contributed by atoms with van der Waals surface area (Å²) in [6.45, 7) is 11.2. The van der Waals surface area contributed by atoms with Gasteiger partial charge in [0.1, 0.15) is 0 Å². The van der Waals surface area contributed by atoms with Gasteiger partial charge in [0.2, 0.25) is 0 Å². The normalized spacial score (nSPS) is 15.7. The summed E-state index contributed by atoms with van der Waals surface area (Å²) in [5.74, 6) is 0.667. The van der Waals surface area contributed by atoms with Crippen LogP contribution in [0.1, 0.15) is 24.3 Å². The quantitative estimate of drug-likeness (QED) is 0.760. The highest BCUT2D eigenvalue weighted by atomic mass is 32.1. The highest BCUT2D eigenvalue weighted by Crippen LogP contribution is 2.25. The summed E-state index contributed by atoms with van der Waals surface area (Å²) < 4.78 is 5.42. The number of thiophene rings is 1. The number of aromatic nitrogens is 1. The Bertz CT molecular complexity index is 576.